The minimum atomic E-state index is -0.568. The van der Waals surface area contributed by atoms with E-state index in [-0.39, 0.29) is 29.9 Å². The van der Waals surface area contributed by atoms with Crippen molar-refractivity contribution in [3.63, 3.8) is 0 Å². The molecule has 0 saturated carbocycles. The molecule has 1 aliphatic heterocycles. The van der Waals surface area contributed by atoms with Gasteiger partial charge in [-0.15, -0.1) is 0 Å². The molecule has 2 aromatic carbocycles. The van der Waals surface area contributed by atoms with Gasteiger partial charge in [-0.05, 0) is 76.6 Å². The van der Waals surface area contributed by atoms with Crippen molar-refractivity contribution in [2.24, 2.45) is 11.8 Å². The van der Waals surface area contributed by atoms with Gasteiger partial charge in [0.15, 0.2) is 11.5 Å². The topological polar surface area (TPSA) is 77.5 Å². The first-order valence-corrected chi connectivity index (χ1v) is 13.6. The van der Waals surface area contributed by atoms with Crippen molar-refractivity contribution >= 4 is 12.0 Å². The van der Waals surface area contributed by atoms with Crippen molar-refractivity contribution in [3.8, 4) is 11.5 Å². The number of methoxy groups -OCH3 is 2. The molecule has 39 heavy (non-hydrogen) atoms. The highest BCUT2D eigenvalue weighted by molar-refractivity contribution is 5.95. The number of benzene rings is 2. The molecule has 0 radical (unpaired) electrons. The van der Waals surface area contributed by atoms with E-state index < -0.39 is 5.60 Å². The van der Waals surface area contributed by atoms with Crippen LogP contribution in [0.2, 0.25) is 0 Å². The number of amides is 2. The van der Waals surface area contributed by atoms with Crippen LogP contribution in [0.1, 0.15) is 50.5 Å². The van der Waals surface area contributed by atoms with Gasteiger partial charge in [0.25, 0.3) is 5.91 Å². The van der Waals surface area contributed by atoms with Gasteiger partial charge in [0.2, 0.25) is 0 Å². The first-order chi connectivity index (χ1) is 18.5. The number of hydrogen-bond donors (Lipinski definition) is 0. The smallest absolute Gasteiger partial charge is 0.410 e. The third-order valence-electron chi connectivity index (χ3n) is 6.84. The maximum absolute atomic E-state index is 13.8. The third kappa shape index (κ3) is 8.62. The highest BCUT2D eigenvalue weighted by atomic mass is 16.6. The molecular weight excluding hydrogens is 496 g/mol. The second kappa shape index (κ2) is 13.7. The van der Waals surface area contributed by atoms with E-state index in [0.717, 1.165) is 6.42 Å². The van der Waals surface area contributed by atoms with E-state index in [2.05, 4.69) is 12.1 Å². The number of nitrogens with zero attached hydrogens (tertiary/aromatic N) is 2. The monoisotopic (exact) mass is 540 g/mol. The zero-order valence-corrected chi connectivity index (χ0v) is 24.4. The lowest BCUT2D eigenvalue weighted by Crippen LogP contribution is -2.42. The molecule has 0 spiro atoms. The molecule has 2 unspecified atom stereocenters. The molecule has 1 aliphatic rings. The van der Waals surface area contributed by atoms with E-state index in [0.29, 0.717) is 49.9 Å². The second-order valence-electron chi connectivity index (χ2n) is 11.4. The fourth-order valence-corrected chi connectivity index (χ4v) is 4.87. The van der Waals surface area contributed by atoms with Crippen LogP contribution >= 0.6 is 0 Å². The number of hydrogen-bond acceptors (Lipinski definition) is 6. The Hall–Kier alpha value is -3.26. The summed E-state index contributed by atoms with van der Waals surface area (Å²) in [6.07, 6.45) is 0.517. The largest absolute Gasteiger partial charge is 0.493 e. The van der Waals surface area contributed by atoms with Gasteiger partial charge >= 0.3 is 6.09 Å². The van der Waals surface area contributed by atoms with Gasteiger partial charge < -0.3 is 28.7 Å². The summed E-state index contributed by atoms with van der Waals surface area (Å²) < 4.78 is 22.0. The van der Waals surface area contributed by atoms with Crippen LogP contribution < -0.4 is 9.47 Å². The Morgan fingerprint density at radius 3 is 2.28 bits per heavy atom. The molecule has 3 rings (SSSR count). The van der Waals surface area contributed by atoms with Crippen LogP contribution in [0, 0.1) is 11.8 Å². The number of likely N-dealkylation sites (tertiary alicyclic amines) is 1. The molecule has 8 heteroatoms. The van der Waals surface area contributed by atoms with Gasteiger partial charge in [0, 0.05) is 38.3 Å². The van der Waals surface area contributed by atoms with E-state index in [4.69, 9.17) is 18.9 Å². The fraction of sp³-hybridized carbons (Fsp3) is 0.548. The van der Waals surface area contributed by atoms with Crippen molar-refractivity contribution in [2.45, 2.75) is 52.7 Å². The second-order valence-corrected chi connectivity index (χ2v) is 11.4. The van der Waals surface area contributed by atoms with Gasteiger partial charge in [-0.25, -0.2) is 4.79 Å². The summed E-state index contributed by atoms with van der Waals surface area (Å²) in [7, 11) is 3.18. The zero-order chi connectivity index (χ0) is 28.6. The fourth-order valence-electron chi connectivity index (χ4n) is 4.87. The SMILES string of the molecule is COCCOc1cc(C(=O)N(CC2CN(C(=O)OC(C)(C)C)CC2Cc2ccccc2)C(C)C)ccc1OC. The lowest BCUT2D eigenvalue weighted by Gasteiger charge is -2.32. The summed E-state index contributed by atoms with van der Waals surface area (Å²) in [5.41, 5.74) is 1.18. The Balaban J connectivity index is 1.83. The Morgan fingerprint density at radius 1 is 0.974 bits per heavy atom. The van der Waals surface area contributed by atoms with Crippen molar-refractivity contribution < 1.29 is 28.5 Å². The molecule has 0 N–H and O–H groups in total. The molecule has 2 atom stereocenters. The minimum Gasteiger partial charge on any atom is -0.493 e. The molecule has 0 aromatic heterocycles. The Labute approximate surface area is 233 Å². The van der Waals surface area contributed by atoms with Gasteiger partial charge in [-0.2, -0.15) is 0 Å². The molecule has 214 valence electrons. The van der Waals surface area contributed by atoms with Gasteiger partial charge in [0.1, 0.15) is 12.2 Å². The predicted octanol–water partition coefficient (Wildman–Crippen LogP) is 5.30. The van der Waals surface area contributed by atoms with Crippen molar-refractivity contribution in [1.82, 2.24) is 9.80 Å². The summed E-state index contributed by atoms with van der Waals surface area (Å²) in [6, 6.07) is 15.5. The van der Waals surface area contributed by atoms with Crippen LogP contribution in [-0.2, 0) is 15.9 Å². The summed E-state index contributed by atoms with van der Waals surface area (Å²) in [6.45, 7) is 12.1. The normalized spacial score (nSPS) is 17.3. The van der Waals surface area contributed by atoms with Gasteiger partial charge in [-0.1, -0.05) is 30.3 Å². The number of carbonyl (C=O) groups is 2. The molecule has 0 aliphatic carbocycles. The molecule has 2 aromatic rings. The van der Waals surface area contributed by atoms with Crippen LogP contribution in [0.4, 0.5) is 4.79 Å². The lowest BCUT2D eigenvalue weighted by atomic mass is 9.89. The molecule has 1 saturated heterocycles. The van der Waals surface area contributed by atoms with Crippen LogP contribution in [0.3, 0.4) is 0 Å². The van der Waals surface area contributed by atoms with Crippen molar-refractivity contribution in [1.29, 1.82) is 0 Å². The highest BCUT2D eigenvalue weighted by Crippen LogP contribution is 2.32. The predicted molar refractivity (Wildman–Crippen MR) is 151 cm³/mol. The molecular formula is C31H44N2O6. The average Bonchev–Trinajstić information content (AvgIpc) is 3.29. The molecule has 1 fully saturated rings. The number of rotatable bonds is 11. The Morgan fingerprint density at radius 2 is 1.67 bits per heavy atom. The van der Waals surface area contributed by atoms with E-state index in [9.17, 15) is 9.59 Å². The minimum absolute atomic E-state index is 0.0367. The highest BCUT2D eigenvalue weighted by Gasteiger charge is 2.39. The molecule has 1 heterocycles. The van der Waals surface area contributed by atoms with Crippen LogP contribution in [0.5, 0.6) is 11.5 Å². The third-order valence-corrected chi connectivity index (χ3v) is 6.84. The van der Waals surface area contributed by atoms with Crippen LogP contribution in [0.25, 0.3) is 0 Å². The van der Waals surface area contributed by atoms with E-state index in [1.54, 1.807) is 37.3 Å². The van der Waals surface area contributed by atoms with Crippen molar-refractivity contribution in [3.05, 3.63) is 59.7 Å². The number of carbonyl (C=O) groups excluding carboxylic acids is 2. The standard InChI is InChI=1S/C31H44N2O6/c1-22(2)33(29(34)24-13-14-27(37-7)28(18-24)38-16-15-36-6)21-26-20-32(30(35)39-31(3,4)5)19-25(26)17-23-11-9-8-10-12-23/h8-14,18,22,25-26H,15-17,19-21H2,1-7H3. The first kappa shape index (κ1) is 30.3. The zero-order valence-electron chi connectivity index (χ0n) is 24.4. The van der Waals surface area contributed by atoms with Crippen LogP contribution in [-0.4, -0.2) is 80.5 Å². The summed E-state index contributed by atoms with van der Waals surface area (Å²) in [5, 5.41) is 0. The Bertz CT molecular complexity index is 1080. The van der Waals surface area contributed by atoms with Gasteiger partial charge in [-0.3, -0.25) is 4.79 Å². The van der Waals surface area contributed by atoms with Crippen LogP contribution in [0.15, 0.2) is 48.5 Å². The molecule has 8 nitrogen and oxygen atoms in total. The van der Waals surface area contributed by atoms with E-state index >= 15 is 0 Å². The molecule has 0 bridgehead atoms. The van der Waals surface area contributed by atoms with E-state index in [1.165, 1.54) is 5.56 Å². The average molecular weight is 541 g/mol. The van der Waals surface area contributed by atoms with Crippen molar-refractivity contribution in [2.75, 3.05) is 47.1 Å². The lowest BCUT2D eigenvalue weighted by molar-refractivity contribution is 0.0282. The first-order valence-electron chi connectivity index (χ1n) is 13.6. The quantitative estimate of drug-likeness (QED) is 0.360. The number of ether oxygens (including phenoxy) is 4. The van der Waals surface area contributed by atoms with E-state index in [1.807, 2.05) is 57.7 Å². The maximum atomic E-state index is 13.8. The summed E-state index contributed by atoms with van der Waals surface area (Å²) >= 11 is 0. The summed E-state index contributed by atoms with van der Waals surface area (Å²) in [4.78, 5) is 30.5. The van der Waals surface area contributed by atoms with Gasteiger partial charge in [0.05, 0.1) is 13.7 Å². The Kier molecular flexibility index (Phi) is 10.6. The molecule has 2 amide bonds. The summed E-state index contributed by atoms with van der Waals surface area (Å²) in [5.74, 6) is 1.27. The maximum Gasteiger partial charge on any atom is 0.410 e.